The molecular weight excluding hydrogens is 500 g/mol. The van der Waals surface area contributed by atoms with Gasteiger partial charge in [0.25, 0.3) is 0 Å². The first kappa shape index (κ1) is 28.7. The van der Waals surface area contributed by atoms with Gasteiger partial charge in [-0.15, -0.1) is 0 Å². The first-order chi connectivity index (χ1) is 17.4. The third-order valence-electron chi connectivity index (χ3n) is 5.84. The second-order valence-corrected chi connectivity index (χ2v) is 11.0. The van der Waals surface area contributed by atoms with Crippen LogP contribution >= 0.6 is 8.73 Å². The maximum atomic E-state index is 14.4. The van der Waals surface area contributed by atoms with E-state index in [0.717, 1.165) is 24.1 Å². The number of carboxylic acids is 1. The number of rotatable bonds is 8. The fraction of sp³-hybridized carbons (Fsp3) is 0.583. The Labute approximate surface area is 219 Å². The van der Waals surface area contributed by atoms with Crippen LogP contribution in [0.15, 0.2) is 45.0 Å². The summed E-state index contributed by atoms with van der Waals surface area (Å²) in [5.74, 6) is 0.00577. The number of aliphatic imine (C=N–C) groups is 2. The number of allylic oxidation sites excluding steroid dienone is 1. The average Bonchev–Trinajstić information content (AvgIpc) is 3.43. The van der Waals surface area contributed by atoms with E-state index < -0.39 is 23.8 Å². The van der Waals surface area contributed by atoms with Crippen molar-refractivity contribution in [2.24, 2.45) is 9.98 Å². The highest BCUT2D eigenvalue weighted by Gasteiger charge is 2.35. The second-order valence-electron chi connectivity index (χ2n) is 10.0. The summed E-state index contributed by atoms with van der Waals surface area (Å²) in [6, 6.07) is -0.165. The van der Waals surface area contributed by atoms with Crippen molar-refractivity contribution in [3.63, 3.8) is 0 Å². The molecule has 0 bridgehead atoms. The van der Waals surface area contributed by atoms with E-state index in [1.807, 2.05) is 6.08 Å². The number of amidine groups is 1. The van der Waals surface area contributed by atoms with Crippen LogP contribution in [0, 0.1) is 0 Å². The molecule has 3 unspecified atom stereocenters. The lowest BCUT2D eigenvalue weighted by atomic mass is 9.95. The fourth-order valence-electron chi connectivity index (χ4n) is 4.34. The van der Waals surface area contributed by atoms with Crippen LogP contribution in [0.1, 0.15) is 47.0 Å². The summed E-state index contributed by atoms with van der Waals surface area (Å²) in [5.41, 5.74) is 3.58. The van der Waals surface area contributed by atoms with E-state index in [4.69, 9.17) is 4.74 Å². The number of hydrogen-bond acceptors (Lipinski definition) is 9. The van der Waals surface area contributed by atoms with E-state index in [0.29, 0.717) is 31.2 Å². The number of hydrogen-bond donors (Lipinski definition) is 3. The highest BCUT2D eigenvalue weighted by Crippen LogP contribution is 2.36. The molecule has 1 saturated heterocycles. The molecular formula is C24H37FN7O4P. The molecule has 0 aliphatic carbocycles. The van der Waals surface area contributed by atoms with Crippen LogP contribution in [0.5, 0.6) is 0 Å². The summed E-state index contributed by atoms with van der Waals surface area (Å²) in [5, 5.41) is 16.0. The number of hydrazine groups is 2. The van der Waals surface area contributed by atoms with Crippen LogP contribution in [-0.2, 0) is 9.53 Å². The lowest BCUT2D eigenvalue weighted by molar-refractivity contribution is -0.131. The molecule has 3 aliphatic rings. The predicted octanol–water partition coefficient (Wildman–Crippen LogP) is 3.16. The zero-order valence-corrected chi connectivity index (χ0v) is 23.2. The van der Waals surface area contributed by atoms with Crippen molar-refractivity contribution >= 4 is 32.3 Å². The average molecular weight is 538 g/mol. The summed E-state index contributed by atoms with van der Waals surface area (Å²) in [6.07, 6.45) is 5.59. The van der Waals surface area contributed by atoms with Crippen LogP contribution in [0.4, 0.5) is 9.18 Å². The van der Waals surface area contributed by atoms with E-state index in [2.05, 4.69) is 25.5 Å². The van der Waals surface area contributed by atoms with Gasteiger partial charge in [0, 0.05) is 54.2 Å². The number of halogens is 1. The van der Waals surface area contributed by atoms with Crippen LogP contribution < -0.4 is 10.6 Å². The number of carboxylic acid groups (broad SMARTS) is 1. The second kappa shape index (κ2) is 12.1. The van der Waals surface area contributed by atoms with Gasteiger partial charge in [-0.3, -0.25) is 15.4 Å². The zero-order chi connectivity index (χ0) is 27.3. The molecule has 3 atom stereocenters. The number of aliphatic carboxylic acids is 1. The Balaban J connectivity index is 1.78. The largest absolute Gasteiger partial charge is 0.477 e. The van der Waals surface area contributed by atoms with Gasteiger partial charge < -0.3 is 14.7 Å². The van der Waals surface area contributed by atoms with Gasteiger partial charge in [0.15, 0.2) is 5.82 Å². The maximum Gasteiger partial charge on any atom is 0.422 e. The van der Waals surface area contributed by atoms with Gasteiger partial charge in [0.05, 0.1) is 6.04 Å². The molecule has 1 fully saturated rings. The molecule has 0 spiro atoms. The van der Waals surface area contributed by atoms with Gasteiger partial charge in [-0.1, -0.05) is 0 Å². The molecule has 37 heavy (non-hydrogen) atoms. The summed E-state index contributed by atoms with van der Waals surface area (Å²) >= 11 is 0. The van der Waals surface area contributed by atoms with E-state index >= 15 is 0 Å². The number of nitrogens with one attached hydrogen (secondary N) is 2. The van der Waals surface area contributed by atoms with Gasteiger partial charge in [-0.25, -0.2) is 29.2 Å². The molecule has 13 heteroatoms. The molecule has 0 saturated carbocycles. The SMILES string of the molecule is CN=C(CCN(C)NC(=O)OC(C)(C)C)/C(=C\C(C)F)C1CCCN1C1=NC2=C(C(=O)O)PNN2C=C1. The van der Waals surface area contributed by atoms with E-state index in [1.165, 1.54) is 6.92 Å². The molecule has 11 nitrogen and oxygen atoms in total. The number of fused-ring (bicyclic) bond motifs is 1. The van der Waals surface area contributed by atoms with Gasteiger partial charge in [0.2, 0.25) is 0 Å². The smallest absolute Gasteiger partial charge is 0.422 e. The number of likely N-dealkylation sites (tertiary alicyclic amines) is 1. The van der Waals surface area contributed by atoms with Crippen molar-refractivity contribution in [3.8, 4) is 0 Å². The summed E-state index contributed by atoms with van der Waals surface area (Å²) in [4.78, 5) is 35.0. The van der Waals surface area contributed by atoms with Crippen molar-refractivity contribution in [1.82, 2.24) is 25.5 Å². The van der Waals surface area contributed by atoms with Gasteiger partial charge >= 0.3 is 12.1 Å². The Morgan fingerprint density at radius 2 is 2.22 bits per heavy atom. The number of ether oxygens (including phenoxy) is 1. The Morgan fingerprint density at radius 1 is 1.49 bits per heavy atom. The quantitative estimate of drug-likeness (QED) is 0.245. The van der Waals surface area contributed by atoms with E-state index in [-0.39, 0.29) is 20.1 Å². The molecule has 204 valence electrons. The standard InChI is InChI=1S/C24H37FN7O4P/c1-15(25)14-16(17(26-5)9-12-30(6)28-23(35)36-24(2,3)4)18-8-7-11-31(18)19-10-13-32-21(27-19)20(22(33)34)37-29-32/h10,13-15,18,29,37H,7-9,11-12H2,1-6H3,(H,28,35)(H,33,34)/b16-14+,26-17?. The monoisotopic (exact) mass is 537 g/mol. The summed E-state index contributed by atoms with van der Waals surface area (Å²) in [6.45, 7) is 8.00. The minimum Gasteiger partial charge on any atom is -0.477 e. The molecule has 3 heterocycles. The van der Waals surface area contributed by atoms with Crippen molar-refractivity contribution in [1.29, 1.82) is 0 Å². The minimum atomic E-state index is -1.19. The number of amides is 1. The third kappa shape index (κ3) is 7.59. The van der Waals surface area contributed by atoms with Gasteiger partial charge in [-0.05, 0) is 58.3 Å². The molecule has 3 N–H and O–H groups in total. The Kier molecular flexibility index (Phi) is 9.44. The van der Waals surface area contributed by atoms with Gasteiger partial charge in [0.1, 0.15) is 22.9 Å². The zero-order valence-electron chi connectivity index (χ0n) is 22.2. The van der Waals surface area contributed by atoms with Crippen LogP contribution in [0.3, 0.4) is 0 Å². The molecule has 3 aliphatic heterocycles. The Morgan fingerprint density at radius 3 is 2.84 bits per heavy atom. The summed E-state index contributed by atoms with van der Waals surface area (Å²) < 4.78 is 19.7. The molecule has 0 radical (unpaired) electrons. The highest BCUT2D eigenvalue weighted by molar-refractivity contribution is 7.43. The predicted molar refractivity (Wildman–Crippen MR) is 143 cm³/mol. The molecule has 0 aromatic carbocycles. The number of alkyl halides is 1. The fourth-order valence-corrected chi connectivity index (χ4v) is 5.15. The normalized spacial score (nSPS) is 22.1. The number of carbonyl (C=O) groups excluding carboxylic acids is 1. The number of carbonyl (C=O) groups is 2. The van der Waals surface area contributed by atoms with Crippen molar-refractivity contribution in [3.05, 3.63) is 35.1 Å². The van der Waals surface area contributed by atoms with E-state index in [1.54, 1.807) is 57.2 Å². The Hall–Kier alpha value is -2.82. The van der Waals surface area contributed by atoms with Crippen LogP contribution in [-0.4, -0.2) is 88.6 Å². The molecule has 0 aromatic heterocycles. The molecule has 0 aromatic rings. The lowest BCUT2D eigenvalue weighted by Gasteiger charge is -2.32. The molecule has 3 rings (SSSR count). The first-order valence-electron chi connectivity index (χ1n) is 12.2. The Bertz CT molecular complexity index is 1050. The third-order valence-corrected chi connectivity index (χ3v) is 6.88. The maximum absolute atomic E-state index is 14.4. The minimum absolute atomic E-state index is 0.0765. The van der Waals surface area contributed by atoms with Crippen molar-refractivity contribution in [2.75, 3.05) is 27.2 Å². The number of nitrogens with zero attached hydrogens (tertiary/aromatic N) is 5. The van der Waals surface area contributed by atoms with Crippen LogP contribution in [0.25, 0.3) is 0 Å². The highest BCUT2D eigenvalue weighted by atomic mass is 31.1. The lowest BCUT2D eigenvalue weighted by Crippen LogP contribution is -2.44. The van der Waals surface area contributed by atoms with Crippen LogP contribution in [0.2, 0.25) is 0 Å². The van der Waals surface area contributed by atoms with Gasteiger partial charge in [-0.2, -0.15) is 0 Å². The topological polar surface area (TPSA) is 122 Å². The molecule has 1 amide bonds. The summed E-state index contributed by atoms with van der Waals surface area (Å²) in [7, 11) is 3.34. The van der Waals surface area contributed by atoms with Crippen molar-refractivity contribution in [2.45, 2.75) is 64.8 Å². The van der Waals surface area contributed by atoms with Crippen molar-refractivity contribution < 1.29 is 23.8 Å². The van der Waals surface area contributed by atoms with E-state index in [9.17, 15) is 19.1 Å². The first-order valence-corrected chi connectivity index (χ1v) is 13.2.